The average molecular weight is 536 g/mol. The average Bonchev–Trinajstić information content (AvgIpc) is 3.46. The summed E-state index contributed by atoms with van der Waals surface area (Å²) in [4.78, 5) is 38.5. The number of anilines is 2. The normalized spacial score (nSPS) is 17.8. The van der Waals surface area contributed by atoms with Gasteiger partial charge in [0.25, 0.3) is 0 Å². The summed E-state index contributed by atoms with van der Waals surface area (Å²) in [6.45, 7) is 2.58. The molecule has 3 heterocycles. The second-order valence-electron chi connectivity index (χ2n) is 10.7. The lowest BCUT2D eigenvalue weighted by Gasteiger charge is -2.32. The number of carboxylic acids is 1. The molecule has 4 aromatic rings. The highest BCUT2D eigenvalue weighted by molar-refractivity contribution is 5.90. The first-order valence-corrected chi connectivity index (χ1v) is 14.0. The summed E-state index contributed by atoms with van der Waals surface area (Å²) in [5.41, 5.74) is 4.08. The second-order valence-corrected chi connectivity index (χ2v) is 10.7. The van der Waals surface area contributed by atoms with Gasteiger partial charge in [0, 0.05) is 37.6 Å². The van der Waals surface area contributed by atoms with E-state index in [1.54, 1.807) is 0 Å². The number of hydrogen-bond acceptors (Lipinski definition) is 6. The zero-order valence-corrected chi connectivity index (χ0v) is 22.4. The van der Waals surface area contributed by atoms with Gasteiger partial charge in [-0.1, -0.05) is 66.7 Å². The van der Waals surface area contributed by atoms with Crippen molar-refractivity contribution in [3.63, 3.8) is 0 Å². The van der Waals surface area contributed by atoms with E-state index >= 15 is 0 Å². The third kappa shape index (κ3) is 5.47. The number of piperidine rings is 1. The minimum atomic E-state index is -0.724. The molecule has 0 bridgehead atoms. The highest BCUT2D eigenvalue weighted by Crippen LogP contribution is 2.30. The smallest absolute Gasteiger partial charge is 0.306 e. The summed E-state index contributed by atoms with van der Waals surface area (Å²) in [6, 6.07) is 26.3. The van der Waals surface area contributed by atoms with E-state index < -0.39 is 5.97 Å². The molecule has 0 saturated carbocycles. The number of fused-ring (bicyclic) bond motifs is 1. The Hall–Kier alpha value is -4.46. The SMILES string of the molecule is O=C(O)C1CCN(c2nc(NC3CCN(C(=O)Cc4ccccc4-c4ccccc4)C3)nc3ccccc23)CC1. The Balaban J connectivity index is 1.15. The standard InChI is InChI=1S/C32H33N5O3/c38-29(20-24-10-4-5-11-26(24)22-8-2-1-3-9-22)37-19-16-25(21-37)33-32-34-28-13-7-6-12-27(28)30(35-32)36-17-14-23(15-18-36)31(39)40/h1-13,23,25H,14-21H2,(H,39,40)(H,33,34,35). The lowest BCUT2D eigenvalue weighted by atomic mass is 9.97. The largest absolute Gasteiger partial charge is 0.481 e. The summed E-state index contributed by atoms with van der Waals surface area (Å²) < 4.78 is 0. The van der Waals surface area contributed by atoms with Crippen LogP contribution >= 0.6 is 0 Å². The molecule has 6 rings (SSSR count). The number of para-hydroxylation sites is 1. The number of nitrogens with one attached hydrogen (secondary N) is 1. The van der Waals surface area contributed by atoms with E-state index in [1.165, 1.54) is 0 Å². The van der Waals surface area contributed by atoms with Gasteiger partial charge in [0.2, 0.25) is 11.9 Å². The van der Waals surface area contributed by atoms with Crippen LogP contribution in [-0.2, 0) is 16.0 Å². The van der Waals surface area contributed by atoms with E-state index in [-0.39, 0.29) is 17.9 Å². The van der Waals surface area contributed by atoms with Gasteiger partial charge in [0.1, 0.15) is 5.82 Å². The Morgan fingerprint density at radius 1 is 0.850 bits per heavy atom. The number of likely N-dealkylation sites (tertiary alicyclic amines) is 1. The molecule has 2 N–H and O–H groups in total. The van der Waals surface area contributed by atoms with Crippen LogP contribution in [0.25, 0.3) is 22.0 Å². The number of benzene rings is 3. The molecule has 0 aliphatic carbocycles. The van der Waals surface area contributed by atoms with Gasteiger partial charge in [-0.05, 0) is 48.1 Å². The maximum atomic E-state index is 13.3. The first-order chi connectivity index (χ1) is 19.5. The summed E-state index contributed by atoms with van der Waals surface area (Å²) in [5, 5.41) is 13.8. The molecule has 204 valence electrons. The number of carbonyl (C=O) groups excluding carboxylic acids is 1. The van der Waals surface area contributed by atoms with Crippen molar-refractivity contribution in [2.45, 2.75) is 31.7 Å². The molecule has 1 aromatic heterocycles. The molecule has 8 heteroatoms. The molecule has 1 unspecified atom stereocenters. The van der Waals surface area contributed by atoms with Crippen LogP contribution in [-0.4, -0.2) is 64.1 Å². The molecular formula is C32H33N5O3. The fourth-order valence-electron chi connectivity index (χ4n) is 5.84. The third-order valence-electron chi connectivity index (χ3n) is 8.04. The Labute approximate surface area is 233 Å². The number of aliphatic carboxylic acids is 1. The predicted molar refractivity (Wildman–Crippen MR) is 156 cm³/mol. The molecule has 3 aromatic carbocycles. The molecule has 1 amide bonds. The first kappa shape index (κ1) is 25.8. The summed E-state index contributed by atoms with van der Waals surface area (Å²) in [6.07, 6.45) is 2.38. The van der Waals surface area contributed by atoms with Gasteiger partial charge in [-0.2, -0.15) is 4.98 Å². The second kappa shape index (κ2) is 11.3. The van der Waals surface area contributed by atoms with Gasteiger partial charge in [0.15, 0.2) is 0 Å². The van der Waals surface area contributed by atoms with Crippen molar-refractivity contribution in [3.8, 4) is 11.1 Å². The molecule has 8 nitrogen and oxygen atoms in total. The lowest BCUT2D eigenvalue weighted by molar-refractivity contribution is -0.142. The minimum absolute atomic E-state index is 0.0556. The van der Waals surface area contributed by atoms with Crippen molar-refractivity contribution in [2.75, 3.05) is 36.4 Å². The van der Waals surface area contributed by atoms with Crippen LogP contribution in [0.15, 0.2) is 78.9 Å². The summed E-state index contributed by atoms with van der Waals surface area (Å²) in [5.74, 6) is 0.472. The molecule has 2 fully saturated rings. The summed E-state index contributed by atoms with van der Waals surface area (Å²) >= 11 is 0. The Morgan fingerprint density at radius 2 is 1.57 bits per heavy atom. The topological polar surface area (TPSA) is 98.7 Å². The van der Waals surface area contributed by atoms with Crippen molar-refractivity contribution >= 4 is 34.5 Å². The lowest BCUT2D eigenvalue weighted by Crippen LogP contribution is -2.37. The Morgan fingerprint density at radius 3 is 2.38 bits per heavy atom. The fourth-order valence-corrected chi connectivity index (χ4v) is 5.84. The molecule has 1 atom stereocenters. The number of nitrogens with zero attached hydrogens (tertiary/aromatic N) is 4. The highest BCUT2D eigenvalue weighted by Gasteiger charge is 2.29. The maximum absolute atomic E-state index is 13.3. The third-order valence-corrected chi connectivity index (χ3v) is 8.04. The van der Waals surface area contributed by atoms with Gasteiger partial charge in [-0.25, -0.2) is 4.98 Å². The highest BCUT2D eigenvalue weighted by atomic mass is 16.4. The van der Waals surface area contributed by atoms with Crippen LogP contribution in [0.4, 0.5) is 11.8 Å². The fraction of sp³-hybridized carbons (Fsp3) is 0.312. The van der Waals surface area contributed by atoms with E-state index in [0.29, 0.717) is 51.4 Å². The molecule has 0 radical (unpaired) electrons. The van der Waals surface area contributed by atoms with Crippen molar-refractivity contribution in [3.05, 3.63) is 84.4 Å². The van der Waals surface area contributed by atoms with Crippen LogP contribution in [0.1, 0.15) is 24.8 Å². The van der Waals surface area contributed by atoms with Crippen LogP contribution in [0.3, 0.4) is 0 Å². The monoisotopic (exact) mass is 535 g/mol. The first-order valence-electron chi connectivity index (χ1n) is 14.0. The quantitative estimate of drug-likeness (QED) is 0.349. The zero-order chi connectivity index (χ0) is 27.5. The molecule has 2 aliphatic rings. The van der Waals surface area contributed by atoms with Crippen LogP contribution in [0.2, 0.25) is 0 Å². The predicted octanol–water partition coefficient (Wildman–Crippen LogP) is 4.85. The Kier molecular flexibility index (Phi) is 7.31. The van der Waals surface area contributed by atoms with Crippen molar-refractivity contribution in [2.24, 2.45) is 5.92 Å². The summed E-state index contributed by atoms with van der Waals surface area (Å²) in [7, 11) is 0. The van der Waals surface area contributed by atoms with Gasteiger partial charge in [0.05, 0.1) is 17.9 Å². The van der Waals surface area contributed by atoms with Gasteiger partial charge >= 0.3 is 5.97 Å². The van der Waals surface area contributed by atoms with Crippen LogP contribution < -0.4 is 10.2 Å². The number of aromatic nitrogens is 2. The van der Waals surface area contributed by atoms with Crippen LogP contribution in [0, 0.1) is 5.92 Å². The molecule has 2 aliphatic heterocycles. The van der Waals surface area contributed by atoms with E-state index in [2.05, 4.69) is 28.4 Å². The number of amides is 1. The molecule has 2 saturated heterocycles. The van der Waals surface area contributed by atoms with Crippen molar-refractivity contribution < 1.29 is 14.7 Å². The maximum Gasteiger partial charge on any atom is 0.306 e. The van der Waals surface area contributed by atoms with Crippen LogP contribution in [0.5, 0.6) is 0 Å². The van der Waals surface area contributed by atoms with Gasteiger partial charge in [-0.15, -0.1) is 0 Å². The number of carboxylic acid groups (broad SMARTS) is 1. The number of rotatable bonds is 7. The van der Waals surface area contributed by atoms with Crippen molar-refractivity contribution in [1.29, 1.82) is 0 Å². The molecule has 0 spiro atoms. The minimum Gasteiger partial charge on any atom is -0.481 e. The van der Waals surface area contributed by atoms with Gasteiger partial charge < -0.3 is 20.2 Å². The van der Waals surface area contributed by atoms with E-state index in [0.717, 1.165) is 39.8 Å². The Bertz CT molecular complexity index is 1520. The molecular weight excluding hydrogens is 502 g/mol. The van der Waals surface area contributed by atoms with E-state index in [9.17, 15) is 14.7 Å². The number of hydrogen-bond donors (Lipinski definition) is 2. The zero-order valence-electron chi connectivity index (χ0n) is 22.4. The van der Waals surface area contributed by atoms with E-state index in [1.807, 2.05) is 65.6 Å². The number of carbonyl (C=O) groups is 2. The van der Waals surface area contributed by atoms with Gasteiger partial charge in [-0.3, -0.25) is 9.59 Å². The van der Waals surface area contributed by atoms with Crippen molar-refractivity contribution in [1.82, 2.24) is 14.9 Å². The van der Waals surface area contributed by atoms with E-state index in [4.69, 9.17) is 9.97 Å². The molecule has 40 heavy (non-hydrogen) atoms.